The predicted octanol–water partition coefficient (Wildman–Crippen LogP) is 2.32. The summed E-state index contributed by atoms with van der Waals surface area (Å²) in [6, 6.07) is 3.40. The molecule has 1 N–H and O–H groups in total. The van der Waals surface area contributed by atoms with Crippen molar-refractivity contribution in [3.05, 3.63) is 35.8 Å². The van der Waals surface area contributed by atoms with Gasteiger partial charge in [-0.05, 0) is 30.9 Å². The van der Waals surface area contributed by atoms with Crippen molar-refractivity contribution in [2.75, 3.05) is 32.7 Å². The van der Waals surface area contributed by atoms with Crippen LogP contribution in [0.3, 0.4) is 0 Å². The molecule has 1 aromatic heterocycles. The van der Waals surface area contributed by atoms with Gasteiger partial charge >= 0.3 is 5.97 Å². The number of rotatable bonds is 3. The molecule has 0 bridgehead atoms. The molecule has 3 unspecified atom stereocenters. The van der Waals surface area contributed by atoms with Crippen LogP contribution in [0, 0.1) is 23.2 Å². The Morgan fingerprint density at radius 3 is 2.77 bits per heavy atom. The number of ether oxygens (including phenoxy) is 1. The Balaban J connectivity index is 1.26. The maximum absolute atomic E-state index is 12.8. The van der Waals surface area contributed by atoms with Gasteiger partial charge in [0, 0.05) is 50.5 Å². The van der Waals surface area contributed by atoms with E-state index in [9.17, 15) is 14.7 Å². The van der Waals surface area contributed by atoms with Crippen molar-refractivity contribution in [1.29, 1.82) is 0 Å². The Morgan fingerprint density at radius 2 is 2.06 bits per heavy atom. The molecule has 1 saturated carbocycles. The van der Waals surface area contributed by atoms with E-state index in [1.807, 2.05) is 0 Å². The first-order chi connectivity index (χ1) is 14.9. The van der Waals surface area contributed by atoms with Crippen LogP contribution in [0.5, 0.6) is 0 Å². The number of aliphatic hydroxyl groups is 1. The number of hydrogen-bond donors (Lipinski definition) is 1. The van der Waals surface area contributed by atoms with Gasteiger partial charge < -0.3 is 19.2 Å². The van der Waals surface area contributed by atoms with E-state index in [1.54, 1.807) is 17.0 Å². The fourth-order valence-electron chi connectivity index (χ4n) is 6.24. The van der Waals surface area contributed by atoms with E-state index in [0.29, 0.717) is 44.4 Å². The molecule has 7 nitrogen and oxygen atoms in total. The van der Waals surface area contributed by atoms with Crippen LogP contribution in [-0.2, 0) is 9.53 Å². The van der Waals surface area contributed by atoms with E-state index in [0.717, 1.165) is 19.3 Å². The molecule has 1 amide bonds. The second-order valence-electron chi connectivity index (χ2n) is 9.87. The smallest absolute Gasteiger partial charge is 0.311 e. The summed E-state index contributed by atoms with van der Waals surface area (Å²) in [6.07, 6.45) is 5.82. The quantitative estimate of drug-likeness (QED) is 0.588. The monoisotopic (exact) mass is 428 g/mol. The number of piperazine rings is 1. The lowest BCUT2D eigenvalue weighted by Crippen LogP contribution is -2.55. The van der Waals surface area contributed by atoms with Crippen molar-refractivity contribution in [2.24, 2.45) is 23.2 Å². The summed E-state index contributed by atoms with van der Waals surface area (Å²) in [5, 5.41) is 11.5. The minimum Gasteiger partial charge on any atom is -0.461 e. The van der Waals surface area contributed by atoms with E-state index in [1.165, 1.54) is 11.8 Å². The lowest BCUT2D eigenvalue weighted by molar-refractivity contribution is -0.145. The van der Waals surface area contributed by atoms with Crippen molar-refractivity contribution >= 4 is 11.9 Å². The molecule has 3 fully saturated rings. The zero-order valence-corrected chi connectivity index (χ0v) is 18.3. The zero-order valence-electron chi connectivity index (χ0n) is 18.3. The Morgan fingerprint density at radius 1 is 1.29 bits per heavy atom. The number of fused-ring (bicyclic) bond motifs is 2. The molecule has 2 aliphatic heterocycles. The Hall–Kier alpha value is -2.12. The number of carbonyl (C=O) groups is 2. The van der Waals surface area contributed by atoms with Crippen LogP contribution in [0.2, 0.25) is 0 Å². The molecule has 0 radical (unpaired) electrons. The third-order valence-corrected chi connectivity index (χ3v) is 8.42. The first-order valence-electron chi connectivity index (χ1n) is 11.5. The maximum atomic E-state index is 12.8. The van der Waals surface area contributed by atoms with Crippen molar-refractivity contribution in [3.8, 4) is 0 Å². The van der Waals surface area contributed by atoms with Crippen molar-refractivity contribution in [1.82, 2.24) is 9.80 Å². The first-order valence-corrected chi connectivity index (χ1v) is 11.5. The molecule has 5 rings (SSSR count). The Labute approximate surface area is 183 Å². The number of allylic oxidation sites excluding steroid dienone is 1. The van der Waals surface area contributed by atoms with Gasteiger partial charge in [-0.2, -0.15) is 0 Å². The number of furan rings is 1. The maximum Gasteiger partial charge on any atom is 0.311 e. The van der Waals surface area contributed by atoms with Crippen LogP contribution >= 0.6 is 0 Å². The van der Waals surface area contributed by atoms with Crippen molar-refractivity contribution < 1.29 is 23.8 Å². The molecular formula is C24H32N2O5. The topological polar surface area (TPSA) is 83.2 Å². The normalized spacial score (nSPS) is 38.3. The second-order valence-corrected chi connectivity index (χ2v) is 9.87. The van der Waals surface area contributed by atoms with Crippen LogP contribution in [0.1, 0.15) is 43.7 Å². The van der Waals surface area contributed by atoms with Crippen LogP contribution in [-0.4, -0.2) is 71.7 Å². The molecule has 0 aromatic carbocycles. The summed E-state index contributed by atoms with van der Waals surface area (Å²) < 4.78 is 11.0. The van der Waals surface area contributed by atoms with Gasteiger partial charge in [0.25, 0.3) is 5.91 Å². The number of amides is 1. The number of hydrogen-bond acceptors (Lipinski definition) is 6. The van der Waals surface area contributed by atoms with Gasteiger partial charge in [0.2, 0.25) is 0 Å². The van der Waals surface area contributed by atoms with Crippen LogP contribution in [0.15, 0.2) is 34.5 Å². The van der Waals surface area contributed by atoms with Crippen molar-refractivity contribution in [3.63, 3.8) is 0 Å². The van der Waals surface area contributed by atoms with Gasteiger partial charge in [-0.1, -0.05) is 25.5 Å². The lowest BCUT2D eigenvalue weighted by atomic mass is 9.55. The van der Waals surface area contributed by atoms with Crippen molar-refractivity contribution in [2.45, 2.75) is 45.3 Å². The predicted molar refractivity (Wildman–Crippen MR) is 113 cm³/mol. The van der Waals surface area contributed by atoms with Crippen LogP contribution in [0.4, 0.5) is 0 Å². The highest BCUT2D eigenvalue weighted by atomic mass is 16.6. The average molecular weight is 429 g/mol. The fraction of sp³-hybridized carbons (Fsp3) is 0.667. The lowest BCUT2D eigenvalue weighted by Gasteiger charge is -2.52. The second kappa shape index (κ2) is 7.78. The molecule has 4 aliphatic rings. The minimum atomic E-state index is -0.578. The highest BCUT2D eigenvalue weighted by Gasteiger charge is 2.59. The highest BCUT2D eigenvalue weighted by molar-refractivity contribution is 5.91. The summed E-state index contributed by atoms with van der Waals surface area (Å²) in [4.78, 5) is 29.3. The first kappa shape index (κ1) is 20.8. The Bertz CT molecular complexity index is 873. The zero-order chi connectivity index (χ0) is 21.8. The largest absolute Gasteiger partial charge is 0.461 e. The SMILES string of the molecule is CC1CCC=C2C[C@H]3OC(=O)C(CN4CCN(C(=O)c5ccco5)CC4)[C@H]3C(O)[C@@]21C. The van der Waals surface area contributed by atoms with E-state index in [-0.39, 0.29) is 35.2 Å². The van der Waals surface area contributed by atoms with Gasteiger partial charge in [-0.15, -0.1) is 0 Å². The number of aliphatic hydroxyl groups excluding tert-OH is 1. The molecule has 6 atom stereocenters. The fourth-order valence-corrected chi connectivity index (χ4v) is 6.24. The molecule has 1 aromatic rings. The van der Waals surface area contributed by atoms with E-state index in [2.05, 4.69) is 24.8 Å². The molecule has 2 saturated heterocycles. The highest BCUT2D eigenvalue weighted by Crippen LogP contribution is 2.56. The summed E-state index contributed by atoms with van der Waals surface area (Å²) >= 11 is 0. The summed E-state index contributed by atoms with van der Waals surface area (Å²) in [6.45, 7) is 7.55. The molecular weight excluding hydrogens is 396 g/mol. The Kier molecular flexibility index (Phi) is 5.21. The van der Waals surface area contributed by atoms with E-state index >= 15 is 0 Å². The number of carbonyl (C=O) groups excluding carboxylic acids is 2. The molecule has 3 heterocycles. The van der Waals surface area contributed by atoms with Gasteiger partial charge in [0.05, 0.1) is 18.3 Å². The summed E-state index contributed by atoms with van der Waals surface area (Å²) in [7, 11) is 0. The third-order valence-electron chi connectivity index (χ3n) is 8.42. The number of nitrogens with zero attached hydrogens (tertiary/aromatic N) is 2. The van der Waals surface area contributed by atoms with Gasteiger partial charge in [-0.25, -0.2) is 0 Å². The molecule has 0 spiro atoms. The standard InChI is InChI=1S/C24H32N2O5/c1-15-5-3-6-16-13-19-20(21(27)24(15,16)2)17(23(29)31-19)14-25-8-10-26(11-9-25)22(28)18-7-4-12-30-18/h4,6-7,12,15,17,19-21,27H,3,5,8-11,13-14H2,1-2H3/t15?,17?,19-,20-,21?,24-/m1/s1. The minimum absolute atomic E-state index is 0.0915. The summed E-state index contributed by atoms with van der Waals surface area (Å²) in [5.41, 5.74) is 0.985. The van der Waals surface area contributed by atoms with Gasteiger partial charge in [0.1, 0.15) is 6.10 Å². The van der Waals surface area contributed by atoms with E-state index in [4.69, 9.17) is 9.15 Å². The van der Waals surface area contributed by atoms with E-state index < -0.39 is 6.10 Å². The molecule has 168 valence electrons. The average Bonchev–Trinajstić information content (AvgIpc) is 3.39. The van der Waals surface area contributed by atoms with Gasteiger partial charge in [0.15, 0.2) is 5.76 Å². The summed E-state index contributed by atoms with van der Waals surface area (Å²) in [5.74, 6) is -0.0154. The third kappa shape index (κ3) is 3.33. The van der Waals surface area contributed by atoms with Crippen LogP contribution < -0.4 is 0 Å². The van der Waals surface area contributed by atoms with Crippen LogP contribution in [0.25, 0.3) is 0 Å². The van der Waals surface area contributed by atoms with Gasteiger partial charge in [-0.3, -0.25) is 14.5 Å². The molecule has 2 aliphatic carbocycles. The molecule has 31 heavy (non-hydrogen) atoms. The molecule has 7 heteroatoms. The number of esters is 1.